The third-order valence-corrected chi connectivity index (χ3v) is 8.80. The summed E-state index contributed by atoms with van der Waals surface area (Å²) in [6.07, 6.45) is 14.4. The summed E-state index contributed by atoms with van der Waals surface area (Å²) in [4.78, 5) is 0. The molecule has 6 atom stereocenters. The van der Waals surface area contributed by atoms with Gasteiger partial charge in [-0.2, -0.15) is 0 Å². The molecule has 3 fully saturated rings. The minimum atomic E-state index is -1.01. The second-order valence-electron chi connectivity index (χ2n) is 12.0. The fraction of sp³-hybridized carbons (Fsp3) is 0.786. The maximum Gasteiger partial charge on any atom is 0.0890 e. The van der Waals surface area contributed by atoms with Crippen molar-refractivity contribution in [1.82, 2.24) is 0 Å². The molecule has 0 aromatic carbocycles. The molecule has 176 valence electrons. The van der Waals surface area contributed by atoms with E-state index in [9.17, 15) is 15.3 Å². The average Bonchev–Trinajstić information content (AvgIpc) is 2.99. The summed E-state index contributed by atoms with van der Waals surface area (Å²) in [5.41, 5.74) is 2.11. The Kier molecular flexibility index (Phi) is 7.30. The normalized spacial score (nSPS) is 40.4. The topological polar surface area (TPSA) is 60.7 Å². The summed E-state index contributed by atoms with van der Waals surface area (Å²) < 4.78 is 0. The summed E-state index contributed by atoms with van der Waals surface area (Å²) >= 11 is 0. The van der Waals surface area contributed by atoms with Crippen LogP contribution in [0.4, 0.5) is 0 Å². The highest BCUT2D eigenvalue weighted by atomic mass is 16.3. The first kappa shape index (κ1) is 24.7. The number of hydrogen-bond acceptors (Lipinski definition) is 3. The minimum absolute atomic E-state index is 0.366. The third-order valence-electron chi connectivity index (χ3n) is 8.80. The third kappa shape index (κ3) is 5.54. The van der Waals surface area contributed by atoms with Gasteiger partial charge < -0.3 is 15.3 Å². The predicted octanol–water partition coefficient (Wildman–Crippen LogP) is 6.09. The van der Waals surface area contributed by atoms with Crippen LogP contribution in [-0.4, -0.2) is 32.6 Å². The van der Waals surface area contributed by atoms with Crippen LogP contribution < -0.4 is 0 Å². The summed E-state index contributed by atoms with van der Waals surface area (Å²) in [6, 6.07) is 0. The molecule has 0 spiro atoms. The molecule has 3 aliphatic rings. The lowest BCUT2D eigenvalue weighted by atomic mass is 9.60. The maximum absolute atomic E-state index is 10.6. The zero-order chi connectivity index (χ0) is 23.0. The highest BCUT2D eigenvalue weighted by Gasteiger charge is 2.50. The molecular weight excluding hydrogens is 384 g/mol. The van der Waals surface area contributed by atoms with Crippen molar-refractivity contribution < 1.29 is 15.3 Å². The van der Waals surface area contributed by atoms with Crippen molar-refractivity contribution in [2.75, 3.05) is 0 Å². The van der Waals surface area contributed by atoms with Gasteiger partial charge in [0.1, 0.15) is 0 Å². The van der Waals surface area contributed by atoms with E-state index < -0.39 is 17.3 Å². The Bertz CT molecular complexity index is 723. The Morgan fingerprint density at radius 1 is 1.23 bits per heavy atom. The maximum atomic E-state index is 10.6. The lowest BCUT2D eigenvalue weighted by Crippen LogP contribution is -2.37. The van der Waals surface area contributed by atoms with Crippen molar-refractivity contribution in [3.63, 3.8) is 0 Å². The molecule has 0 amide bonds. The predicted molar refractivity (Wildman–Crippen MR) is 129 cm³/mol. The molecule has 2 unspecified atom stereocenters. The van der Waals surface area contributed by atoms with Crippen LogP contribution in [0.2, 0.25) is 0 Å². The molecule has 3 nitrogen and oxygen atoms in total. The standard InChI is InChI=1S/C28H46O3/c1-19(9-7-15-26(3,4)30)24-13-14-25-21(10-8-16-27(24,25)5)11-12-22-17-23(29)18-28(6,31)20(22)2/h11-12,19,23-25,29-31H,2,7-10,13-18H2,1,3-6H3/t19-,23+,24?,25?,27+,28-/m0/s1. The van der Waals surface area contributed by atoms with E-state index in [0.717, 1.165) is 36.3 Å². The van der Waals surface area contributed by atoms with Gasteiger partial charge in [-0.1, -0.05) is 51.0 Å². The van der Waals surface area contributed by atoms with Crippen molar-refractivity contribution in [3.05, 3.63) is 35.5 Å². The SMILES string of the molecule is C=C1C(=CC=C2CCC[C@@]3(C)C2CCC3[C@@H](C)CCCC(C)(C)O)C[C@@H](O)C[C@]1(C)O. The van der Waals surface area contributed by atoms with Crippen LogP contribution in [-0.2, 0) is 0 Å². The van der Waals surface area contributed by atoms with Gasteiger partial charge >= 0.3 is 0 Å². The summed E-state index contributed by atoms with van der Waals surface area (Å²) in [7, 11) is 0. The molecule has 3 heteroatoms. The number of aliphatic hydroxyl groups is 3. The molecular formula is C28H46O3. The number of rotatable bonds is 6. The molecule has 0 radical (unpaired) electrons. The molecule has 0 bridgehead atoms. The van der Waals surface area contributed by atoms with E-state index in [1.165, 1.54) is 32.1 Å². The Morgan fingerprint density at radius 3 is 2.61 bits per heavy atom. The van der Waals surface area contributed by atoms with Crippen LogP contribution >= 0.6 is 0 Å². The zero-order valence-corrected chi connectivity index (χ0v) is 20.6. The molecule has 31 heavy (non-hydrogen) atoms. The first-order valence-electron chi connectivity index (χ1n) is 12.6. The van der Waals surface area contributed by atoms with Crippen molar-refractivity contribution >= 4 is 0 Å². The van der Waals surface area contributed by atoms with E-state index in [-0.39, 0.29) is 0 Å². The summed E-state index contributed by atoms with van der Waals surface area (Å²) in [5, 5.41) is 30.8. The molecule has 0 heterocycles. The fourth-order valence-corrected chi connectivity index (χ4v) is 7.03. The lowest BCUT2D eigenvalue weighted by Gasteiger charge is -2.44. The van der Waals surface area contributed by atoms with Gasteiger partial charge in [0.25, 0.3) is 0 Å². The first-order valence-corrected chi connectivity index (χ1v) is 12.6. The summed E-state index contributed by atoms with van der Waals surface area (Å²) in [6.45, 7) is 14.7. The van der Waals surface area contributed by atoms with E-state index in [4.69, 9.17) is 0 Å². The fourth-order valence-electron chi connectivity index (χ4n) is 7.03. The van der Waals surface area contributed by atoms with Crippen molar-refractivity contribution in [2.45, 2.75) is 116 Å². The van der Waals surface area contributed by atoms with Crippen LogP contribution in [0.1, 0.15) is 98.8 Å². The molecule has 0 aliphatic heterocycles. The Hall–Kier alpha value is -0.900. The number of aliphatic hydroxyl groups excluding tert-OH is 1. The largest absolute Gasteiger partial charge is 0.393 e. The van der Waals surface area contributed by atoms with Crippen molar-refractivity contribution in [2.24, 2.45) is 23.2 Å². The van der Waals surface area contributed by atoms with Gasteiger partial charge in [0.05, 0.1) is 17.3 Å². The van der Waals surface area contributed by atoms with Gasteiger partial charge in [-0.05, 0) is 100 Å². The molecule has 3 rings (SSSR count). The zero-order valence-electron chi connectivity index (χ0n) is 20.6. The van der Waals surface area contributed by atoms with Crippen molar-refractivity contribution in [3.8, 4) is 0 Å². The van der Waals surface area contributed by atoms with Gasteiger partial charge in [0.15, 0.2) is 0 Å². The van der Waals surface area contributed by atoms with E-state index in [0.29, 0.717) is 30.1 Å². The Morgan fingerprint density at radius 2 is 1.94 bits per heavy atom. The first-order chi connectivity index (χ1) is 14.3. The molecule has 0 aromatic heterocycles. The quantitative estimate of drug-likeness (QED) is 0.477. The summed E-state index contributed by atoms with van der Waals surface area (Å²) in [5.74, 6) is 2.09. The van der Waals surface area contributed by atoms with E-state index in [2.05, 4.69) is 32.6 Å². The van der Waals surface area contributed by atoms with Crippen LogP contribution in [0.3, 0.4) is 0 Å². The number of hydrogen-bond donors (Lipinski definition) is 3. The molecule has 3 saturated carbocycles. The molecule has 0 aromatic rings. The monoisotopic (exact) mass is 430 g/mol. The van der Waals surface area contributed by atoms with E-state index >= 15 is 0 Å². The minimum Gasteiger partial charge on any atom is -0.393 e. The van der Waals surface area contributed by atoms with Gasteiger partial charge in [-0.25, -0.2) is 0 Å². The van der Waals surface area contributed by atoms with Crippen LogP contribution in [0.5, 0.6) is 0 Å². The second kappa shape index (κ2) is 9.15. The van der Waals surface area contributed by atoms with Crippen LogP contribution in [0.15, 0.2) is 35.5 Å². The van der Waals surface area contributed by atoms with Gasteiger partial charge in [0.2, 0.25) is 0 Å². The van der Waals surface area contributed by atoms with Gasteiger partial charge in [-0.15, -0.1) is 0 Å². The van der Waals surface area contributed by atoms with Gasteiger partial charge in [-0.3, -0.25) is 0 Å². The number of allylic oxidation sites excluding steroid dienone is 3. The number of fused-ring (bicyclic) bond motifs is 1. The Labute approximate surface area is 190 Å². The molecule has 0 saturated heterocycles. The molecule has 3 aliphatic carbocycles. The smallest absolute Gasteiger partial charge is 0.0890 e. The Balaban J connectivity index is 1.72. The molecule has 3 N–H and O–H groups in total. The van der Waals surface area contributed by atoms with Crippen molar-refractivity contribution in [1.29, 1.82) is 0 Å². The van der Waals surface area contributed by atoms with Crippen LogP contribution in [0, 0.1) is 23.2 Å². The highest BCUT2D eigenvalue weighted by molar-refractivity contribution is 5.41. The van der Waals surface area contributed by atoms with E-state index in [1.54, 1.807) is 12.5 Å². The second-order valence-corrected chi connectivity index (χ2v) is 12.0. The lowest BCUT2D eigenvalue weighted by molar-refractivity contribution is 0.0204. The average molecular weight is 431 g/mol. The van der Waals surface area contributed by atoms with Gasteiger partial charge in [0, 0.05) is 6.42 Å². The van der Waals surface area contributed by atoms with Crippen LogP contribution in [0.25, 0.3) is 0 Å². The highest BCUT2D eigenvalue weighted by Crippen LogP contribution is 2.60. The van der Waals surface area contributed by atoms with E-state index in [1.807, 2.05) is 13.8 Å².